The van der Waals surface area contributed by atoms with Crippen molar-refractivity contribution < 1.29 is 4.79 Å². The molecule has 0 aliphatic heterocycles. The van der Waals surface area contributed by atoms with Crippen molar-refractivity contribution in [1.82, 2.24) is 0 Å². The third-order valence-electron chi connectivity index (χ3n) is 2.09. The Hall–Kier alpha value is -1.82. The molecule has 0 aliphatic rings. The Bertz CT molecular complexity index is 377. The average molecular weight is 188 g/mol. The molecule has 14 heavy (non-hydrogen) atoms. The quantitative estimate of drug-likeness (QED) is 0.738. The Balaban J connectivity index is 3.06. The molecule has 0 bridgehead atoms. The lowest BCUT2D eigenvalue weighted by Crippen LogP contribution is -2.13. The van der Waals surface area contributed by atoms with Crippen LogP contribution in [0, 0.1) is 11.3 Å². The second-order valence-electron chi connectivity index (χ2n) is 3.58. The van der Waals surface area contributed by atoms with Gasteiger partial charge in [-0.05, 0) is 31.5 Å². The second kappa shape index (κ2) is 3.93. The molecule has 0 saturated heterocycles. The minimum atomic E-state index is -0.527. The molecule has 72 valence electrons. The van der Waals surface area contributed by atoms with Crippen LogP contribution in [0.15, 0.2) is 24.3 Å². The van der Waals surface area contributed by atoms with Crippen molar-refractivity contribution in [2.24, 2.45) is 0 Å². The highest BCUT2D eigenvalue weighted by atomic mass is 16.1. The molecular weight excluding hydrogens is 176 g/mol. The van der Waals surface area contributed by atoms with E-state index in [0.717, 1.165) is 5.56 Å². The summed E-state index contributed by atoms with van der Waals surface area (Å²) in [6.07, 6.45) is 0.623. The Morgan fingerprint density at radius 2 is 2.21 bits per heavy atom. The Morgan fingerprint density at radius 1 is 1.50 bits per heavy atom. The highest BCUT2D eigenvalue weighted by molar-refractivity contribution is 5.71. The minimum Gasteiger partial charge on any atom is -0.329 e. The van der Waals surface area contributed by atoms with Crippen LogP contribution in [0.3, 0.4) is 0 Å². The monoisotopic (exact) mass is 188 g/mol. The van der Waals surface area contributed by atoms with E-state index in [2.05, 4.69) is 11.4 Å². The van der Waals surface area contributed by atoms with E-state index in [-0.39, 0.29) is 0 Å². The molecule has 1 aromatic carbocycles. The number of carbonyl (C=O) groups is 1. The highest BCUT2D eigenvalue weighted by Crippen LogP contribution is 2.24. The smallest absolute Gasteiger partial charge is 0.211 e. The molecule has 0 aliphatic carbocycles. The number of carbonyl (C=O) groups excluding carboxylic acids is 1. The fraction of sp³-hybridized carbons (Fsp3) is 0.273. The van der Waals surface area contributed by atoms with Crippen molar-refractivity contribution in [2.45, 2.75) is 19.3 Å². The van der Waals surface area contributed by atoms with Crippen LogP contribution in [-0.2, 0) is 10.2 Å². The molecule has 3 nitrogen and oxygen atoms in total. The zero-order chi connectivity index (χ0) is 10.6. The molecule has 1 rings (SSSR count). The third-order valence-corrected chi connectivity index (χ3v) is 2.09. The average Bonchev–Trinajstić information content (AvgIpc) is 2.19. The standard InChI is InChI=1S/C11H12N2O/c1-11(2,7-12)9-4-3-5-10(6-9)13-8-14/h3-6,8H,1-2H3,(H,13,14). The van der Waals surface area contributed by atoms with Gasteiger partial charge >= 0.3 is 0 Å². The van der Waals surface area contributed by atoms with Gasteiger partial charge in [-0.15, -0.1) is 0 Å². The molecule has 0 atom stereocenters. The van der Waals surface area contributed by atoms with Gasteiger partial charge in [0.15, 0.2) is 0 Å². The van der Waals surface area contributed by atoms with Crippen molar-refractivity contribution in [3.8, 4) is 6.07 Å². The summed E-state index contributed by atoms with van der Waals surface area (Å²) in [7, 11) is 0. The van der Waals surface area contributed by atoms with Crippen LogP contribution in [0.25, 0.3) is 0 Å². The fourth-order valence-electron chi connectivity index (χ4n) is 1.13. The van der Waals surface area contributed by atoms with Crippen molar-refractivity contribution in [3.63, 3.8) is 0 Å². The van der Waals surface area contributed by atoms with E-state index in [1.807, 2.05) is 26.0 Å². The molecule has 0 aromatic heterocycles. The van der Waals surface area contributed by atoms with Gasteiger partial charge < -0.3 is 5.32 Å². The molecule has 0 fully saturated rings. The maximum Gasteiger partial charge on any atom is 0.211 e. The van der Waals surface area contributed by atoms with Crippen LogP contribution in [0.4, 0.5) is 5.69 Å². The van der Waals surface area contributed by atoms with Crippen LogP contribution in [0.5, 0.6) is 0 Å². The molecule has 0 spiro atoms. The molecule has 0 unspecified atom stereocenters. The van der Waals surface area contributed by atoms with Gasteiger partial charge in [0.25, 0.3) is 0 Å². The van der Waals surface area contributed by atoms with Gasteiger partial charge in [0, 0.05) is 5.69 Å². The maximum atomic E-state index is 10.2. The molecule has 1 N–H and O–H groups in total. The predicted molar refractivity (Wildman–Crippen MR) is 54.8 cm³/mol. The van der Waals surface area contributed by atoms with Crippen LogP contribution >= 0.6 is 0 Å². The first-order valence-corrected chi connectivity index (χ1v) is 4.32. The number of hydrogen-bond acceptors (Lipinski definition) is 2. The van der Waals surface area contributed by atoms with Gasteiger partial charge in [-0.25, -0.2) is 0 Å². The first-order chi connectivity index (χ1) is 6.60. The number of nitriles is 1. The lowest BCUT2D eigenvalue weighted by molar-refractivity contribution is -0.105. The van der Waals surface area contributed by atoms with Crippen molar-refractivity contribution in [2.75, 3.05) is 5.32 Å². The van der Waals surface area contributed by atoms with E-state index in [1.54, 1.807) is 12.1 Å². The number of nitrogens with one attached hydrogen (secondary N) is 1. The number of amides is 1. The zero-order valence-electron chi connectivity index (χ0n) is 8.24. The van der Waals surface area contributed by atoms with Crippen LogP contribution < -0.4 is 5.32 Å². The van der Waals surface area contributed by atoms with E-state index in [1.165, 1.54) is 0 Å². The molecule has 1 aromatic rings. The van der Waals surface area contributed by atoms with E-state index >= 15 is 0 Å². The highest BCUT2D eigenvalue weighted by Gasteiger charge is 2.19. The lowest BCUT2D eigenvalue weighted by atomic mass is 9.86. The Morgan fingerprint density at radius 3 is 2.79 bits per heavy atom. The number of anilines is 1. The topological polar surface area (TPSA) is 52.9 Å². The first kappa shape index (κ1) is 10.3. The number of hydrogen-bond donors (Lipinski definition) is 1. The summed E-state index contributed by atoms with van der Waals surface area (Å²) < 4.78 is 0. The Labute approximate surface area is 83.4 Å². The maximum absolute atomic E-state index is 10.2. The molecule has 1 amide bonds. The van der Waals surface area contributed by atoms with Crippen molar-refractivity contribution in [3.05, 3.63) is 29.8 Å². The summed E-state index contributed by atoms with van der Waals surface area (Å²) in [6, 6.07) is 9.49. The summed E-state index contributed by atoms with van der Waals surface area (Å²) in [5.74, 6) is 0. The number of rotatable bonds is 3. The van der Waals surface area contributed by atoms with Crippen LogP contribution in [0.1, 0.15) is 19.4 Å². The van der Waals surface area contributed by atoms with E-state index in [4.69, 9.17) is 5.26 Å². The summed E-state index contributed by atoms with van der Waals surface area (Å²) in [5, 5.41) is 11.5. The van der Waals surface area contributed by atoms with E-state index in [0.29, 0.717) is 12.1 Å². The van der Waals surface area contributed by atoms with Gasteiger partial charge in [0.2, 0.25) is 6.41 Å². The normalized spacial score (nSPS) is 10.4. The largest absolute Gasteiger partial charge is 0.329 e. The molecular formula is C11H12N2O. The van der Waals surface area contributed by atoms with Gasteiger partial charge in [-0.3, -0.25) is 4.79 Å². The van der Waals surface area contributed by atoms with Gasteiger partial charge in [-0.1, -0.05) is 12.1 Å². The van der Waals surface area contributed by atoms with Crippen molar-refractivity contribution in [1.29, 1.82) is 5.26 Å². The number of nitrogens with zero attached hydrogens (tertiary/aromatic N) is 1. The van der Waals surface area contributed by atoms with Gasteiger partial charge in [0.05, 0.1) is 11.5 Å². The van der Waals surface area contributed by atoms with Crippen LogP contribution in [0.2, 0.25) is 0 Å². The zero-order valence-corrected chi connectivity index (χ0v) is 8.24. The molecule has 0 saturated carbocycles. The van der Waals surface area contributed by atoms with E-state index in [9.17, 15) is 4.79 Å². The SMILES string of the molecule is CC(C)(C#N)c1cccc(NC=O)c1. The number of benzene rings is 1. The Kier molecular flexibility index (Phi) is 2.88. The summed E-state index contributed by atoms with van der Waals surface area (Å²) in [4.78, 5) is 10.2. The van der Waals surface area contributed by atoms with Crippen molar-refractivity contribution >= 4 is 12.1 Å². The summed E-state index contributed by atoms with van der Waals surface area (Å²) >= 11 is 0. The molecule has 0 heterocycles. The summed E-state index contributed by atoms with van der Waals surface area (Å²) in [5.41, 5.74) is 1.08. The van der Waals surface area contributed by atoms with Gasteiger partial charge in [0.1, 0.15) is 0 Å². The fourth-order valence-corrected chi connectivity index (χ4v) is 1.13. The minimum absolute atomic E-state index is 0.527. The first-order valence-electron chi connectivity index (χ1n) is 4.32. The van der Waals surface area contributed by atoms with Gasteiger partial charge in [-0.2, -0.15) is 5.26 Å². The summed E-state index contributed by atoms with van der Waals surface area (Å²) in [6.45, 7) is 3.68. The molecule has 0 radical (unpaired) electrons. The lowest BCUT2D eigenvalue weighted by Gasteiger charge is -2.16. The third kappa shape index (κ3) is 2.11. The van der Waals surface area contributed by atoms with Crippen LogP contribution in [-0.4, -0.2) is 6.41 Å². The van der Waals surface area contributed by atoms with E-state index < -0.39 is 5.41 Å². The predicted octanol–water partition coefficient (Wildman–Crippen LogP) is 2.06. The molecule has 3 heteroatoms. The second-order valence-corrected chi connectivity index (χ2v) is 3.58.